The molecule has 0 fully saturated rings. The maximum atomic E-state index is 13.6. The molecule has 0 aromatic heterocycles. The zero-order chi connectivity index (χ0) is 44.8. The standard InChI is InChI=1S/C42H77N7O10/c1-6-7-8-9-10-11-12-13-14-15-16-17-18-21-36(54)47-33(27-50)41(59)49-38(29(4)51)35(53)25-31(26-37(55)56)40(58)48-32(20-19-22-46-42(43)44)34(52)24-30(23-28(2)3)39(57)45-5/h28-33,38,50-51H,6-27H2,1-5H3,(H,45,57)(H,47,54)(H,48,58)(H,49,59)(H,55,56)(H4,43,44,46)/t29-,30-,31+,32+,33+,38+/m1/s1. The van der Waals surface area contributed by atoms with Gasteiger partial charge in [0.1, 0.15) is 12.1 Å². The molecular formula is C42H77N7O10. The highest BCUT2D eigenvalue weighted by Crippen LogP contribution is 2.20. The number of hydrogen-bond donors (Lipinski definition) is 9. The van der Waals surface area contributed by atoms with Gasteiger partial charge in [-0.15, -0.1) is 0 Å². The van der Waals surface area contributed by atoms with E-state index in [1.165, 1.54) is 65.3 Å². The lowest BCUT2D eigenvalue weighted by Gasteiger charge is -2.26. The highest BCUT2D eigenvalue weighted by molar-refractivity contribution is 5.97. The number of nitrogens with zero attached hydrogens (tertiary/aromatic N) is 1. The molecule has 11 N–H and O–H groups in total. The van der Waals surface area contributed by atoms with Crippen LogP contribution in [0.25, 0.3) is 0 Å². The molecule has 0 saturated carbocycles. The van der Waals surface area contributed by atoms with Crippen LogP contribution in [0.4, 0.5) is 0 Å². The van der Waals surface area contributed by atoms with E-state index in [0.29, 0.717) is 12.8 Å². The molecule has 0 aliphatic heterocycles. The summed E-state index contributed by atoms with van der Waals surface area (Å²) in [5, 5.41) is 39.9. The van der Waals surface area contributed by atoms with Gasteiger partial charge in [-0.3, -0.25) is 38.6 Å². The first kappa shape index (κ1) is 54.9. The van der Waals surface area contributed by atoms with Crippen LogP contribution >= 0.6 is 0 Å². The van der Waals surface area contributed by atoms with Crippen LogP contribution in [0, 0.1) is 17.8 Å². The fraction of sp³-hybridized carbons (Fsp3) is 0.810. The maximum Gasteiger partial charge on any atom is 0.304 e. The van der Waals surface area contributed by atoms with Crippen molar-refractivity contribution in [2.75, 3.05) is 20.2 Å². The number of carboxylic acids is 1. The minimum atomic E-state index is -1.63. The van der Waals surface area contributed by atoms with Crippen molar-refractivity contribution < 1.29 is 48.9 Å². The van der Waals surface area contributed by atoms with Crippen LogP contribution in [-0.4, -0.2) is 107 Å². The van der Waals surface area contributed by atoms with Crippen molar-refractivity contribution in [1.82, 2.24) is 21.3 Å². The number of amides is 4. The summed E-state index contributed by atoms with van der Waals surface area (Å²) < 4.78 is 0. The summed E-state index contributed by atoms with van der Waals surface area (Å²) in [6.45, 7) is 6.54. The molecule has 6 atom stereocenters. The lowest BCUT2D eigenvalue weighted by atomic mass is 9.88. The summed E-state index contributed by atoms with van der Waals surface area (Å²) in [4.78, 5) is 94.7. The molecule has 340 valence electrons. The second kappa shape index (κ2) is 32.7. The smallest absolute Gasteiger partial charge is 0.304 e. The maximum absolute atomic E-state index is 13.6. The van der Waals surface area contributed by atoms with Crippen molar-refractivity contribution in [3.63, 3.8) is 0 Å². The van der Waals surface area contributed by atoms with Gasteiger partial charge in [-0.25, -0.2) is 0 Å². The first-order valence-corrected chi connectivity index (χ1v) is 21.7. The number of aliphatic carboxylic acids is 1. The zero-order valence-corrected chi connectivity index (χ0v) is 36.4. The third-order valence-corrected chi connectivity index (χ3v) is 10.2. The predicted molar refractivity (Wildman–Crippen MR) is 227 cm³/mol. The Hall–Kier alpha value is -4.12. The van der Waals surface area contributed by atoms with Gasteiger partial charge in [-0.1, -0.05) is 97.8 Å². The summed E-state index contributed by atoms with van der Waals surface area (Å²) in [5.41, 5.74) is 10.8. The van der Waals surface area contributed by atoms with E-state index < -0.39 is 90.8 Å². The number of unbranched alkanes of at least 4 members (excludes halogenated alkanes) is 12. The fourth-order valence-electron chi connectivity index (χ4n) is 6.87. The van der Waals surface area contributed by atoms with Gasteiger partial charge in [-0.05, 0) is 38.5 Å². The molecule has 17 nitrogen and oxygen atoms in total. The minimum absolute atomic E-state index is 0.0389. The van der Waals surface area contributed by atoms with Crippen LogP contribution in [0.2, 0.25) is 0 Å². The van der Waals surface area contributed by atoms with Crippen molar-refractivity contribution in [1.29, 1.82) is 0 Å². The van der Waals surface area contributed by atoms with Gasteiger partial charge >= 0.3 is 5.97 Å². The first-order chi connectivity index (χ1) is 28.0. The van der Waals surface area contributed by atoms with E-state index >= 15 is 0 Å². The number of aliphatic imine (C=N–C) groups is 1. The molecule has 0 saturated heterocycles. The number of hydrogen-bond acceptors (Lipinski definition) is 10. The van der Waals surface area contributed by atoms with E-state index in [1.54, 1.807) is 0 Å². The Kier molecular flexibility index (Phi) is 30.4. The van der Waals surface area contributed by atoms with E-state index in [-0.39, 0.29) is 50.0 Å². The van der Waals surface area contributed by atoms with E-state index in [9.17, 15) is 48.9 Å². The average Bonchev–Trinajstić information content (AvgIpc) is 3.17. The number of guanidine groups is 1. The molecule has 0 heterocycles. The lowest BCUT2D eigenvalue weighted by molar-refractivity contribution is -0.143. The molecule has 0 bridgehead atoms. The predicted octanol–water partition coefficient (Wildman–Crippen LogP) is 2.77. The van der Waals surface area contributed by atoms with Gasteiger partial charge in [0.2, 0.25) is 23.6 Å². The van der Waals surface area contributed by atoms with Gasteiger partial charge < -0.3 is 48.1 Å². The first-order valence-electron chi connectivity index (χ1n) is 21.7. The molecule has 4 amide bonds. The molecule has 17 heteroatoms. The van der Waals surface area contributed by atoms with E-state index in [2.05, 4.69) is 33.2 Å². The average molecular weight is 840 g/mol. The highest BCUT2D eigenvalue weighted by atomic mass is 16.4. The number of nitrogens with two attached hydrogens (primary N) is 2. The van der Waals surface area contributed by atoms with Crippen LogP contribution in [-0.2, 0) is 33.6 Å². The Morgan fingerprint density at radius 2 is 1.19 bits per heavy atom. The fourth-order valence-corrected chi connectivity index (χ4v) is 6.87. The number of nitrogens with one attached hydrogen (secondary N) is 4. The number of carboxylic acid groups (broad SMARTS) is 1. The number of rotatable bonds is 36. The van der Waals surface area contributed by atoms with Crippen molar-refractivity contribution >= 4 is 47.1 Å². The van der Waals surface area contributed by atoms with Gasteiger partial charge in [0, 0.05) is 38.8 Å². The van der Waals surface area contributed by atoms with Crippen molar-refractivity contribution in [2.45, 2.75) is 180 Å². The Morgan fingerprint density at radius 3 is 1.66 bits per heavy atom. The third kappa shape index (κ3) is 26.6. The summed E-state index contributed by atoms with van der Waals surface area (Å²) in [6.07, 6.45) is 12.4. The van der Waals surface area contributed by atoms with Crippen LogP contribution in [0.3, 0.4) is 0 Å². The SMILES string of the molecule is CCCCCCCCCCCCCCCC(=O)N[C@@H](CO)C(=O)N[C@H](C(=O)C[C@@H](CC(=O)O)C(=O)N[C@@H](CCCN=C(N)N)C(=O)C[C@@H](CC(C)C)C(=O)NC)[C@@H](C)O. The van der Waals surface area contributed by atoms with Crippen molar-refractivity contribution in [3.05, 3.63) is 0 Å². The topological polar surface area (TPSA) is 293 Å². The molecule has 0 unspecified atom stereocenters. The summed E-state index contributed by atoms with van der Waals surface area (Å²) in [6, 6.07) is -4.24. The summed E-state index contributed by atoms with van der Waals surface area (Å²) >= 11 is 0. The van der Waals surface area contributed by atoms with Crippen LogP contribution < -0.4 is 32.7 Å². The van der Waals surface area contributed by atoms with E-state index in [4.69, 9.17) is 11.5 Å². The Morgan fingerprint density at radius 1 is 0.644 bits per heavy atom. The van der Waals surface area contributed by atoms with E-state index in [1.807, 2.05) is 13.8 Å². The summed E-state index contributed by atoms with van der Waals surface area (Å²) in [5.74, 6) is -7.83. The highest BCUT2D eigenvalue weighted by Gasteiger charge is 2.35. The van der Waals surface area contributed by atoms with Crippen LogP contribution in [0.5, 0.6) is 0 Å². The van der Waals surface area contributed by atoms with Gasteiger partial charge in [0.25, 0.3) is 0 Å². The molecule has 0 aliphatic carbocycles. The molecule has 0 aromatic carbocycles. The molecule has 0 rings (SSSR count). The van der Waals surface area contributed by atoms with Crippen molar-refractivity contribution in [3.8, 4) is 0 Å². The number of carbonyl (C=O) groups excluding carboxylic acids is 6. The molecular weight excluding hydrogens is 763 g/mol. The monoisotopic (exact) mass is 840 g/mol. The van der Waals surface area contributed by atoms with Gasteiger partial charge in [0.15, 0.2) is 17.5 Å². The Bertz CT molecular complexity index is 1310. The Balaban J connectivity index is 5.48. The molecule has 0 aliphatic rings. The lowest BCUT2D eigenvalue weighted by Crippen LogP contribution is -2.56. The van der Waals surface area contributed by atoms with E-state index in [0.717, 1.165) is 25.7 Å². The number of ketones is 2. The van der Waals surface area contributed by atoms with Gasteiger partial charge in [0.05, 0.1) is 31.1 Å². The number of Topliss-reactive ketones (excluding diaryl/α,β-unsaturated/α-hetero) is 2. The molecule has 0 spiro atoms. The molecule has 59 heavy (non-hydrogen) atoms. The van der Waals surface area contributed by atoms with Gasteiger partial charge in [-0.2, -0.15) is 0 Å². The minimum Gasteiger partial charge on any atom is -0.481 e. The molecule has 0 radical (unpaired) electrons. The quantitative estimate of drug-likeness (QED) is 0.0250. The normalized spacial score (nSPS) is 14.2. The number of aliphatic hydroxyl groups excluding tert-OH is 2. The Labute approximate surface area is 351 Å². The summed E-state index contributed by atoms with van der Waals surface area (Å²) in [7, 11) is 1.45. The van der Waals surface area contributed by atoms with Crippen LogP contribution in [0.1, 0.15) is 156 Å². The van der Waals surface area contributed by atoms with Crippen molar-refractivity contribution in [2.24, 2.45) is 34.2 Å². The third-order valence-electron chi connectivity index (χ3n) is 10.2. The second-order valence-electron chi connectivity index (χ2n) is 16.1. The number of aliphatic hydroxyl groups is 2. The largest absolute Gasteiger partial charge is 0.481 e. The second-order valence-corrected chi connectivity index (χ2v) is 16.1. The molecule has 0 aromatic rings. The van der Waals surface area contributed by atoms with Crippen LogP contribution in [0.15, 0.2) is 4.99 Å². The zero-order valence-electron chi connectivity index (χ0n) is 36.4. The number of carbonyl (C=O) groups is 7.